The fourth-order valence-corrected chi connectivity index (χ4v) is 4.84. The third-order valence-electron chi connectivity index (χ3n) is 5.63. The third kappa shape index (κ3) is 5.37. The van der Waals surface area contributed by atoms with E-state index < -0.39 is 16.7 Å². The van der Waals surface area contributed by atoms with E-state index in [1.807, 2.05) is 30.3 Å². The molecule has 5 rings (SSSR count). The van der Waals surface area contributed by atoms with Gasteiger partial charge in [0.05, 0.1) is 10.6 Å². The zero-order valence-electron chi connectivity index (χ0n) is 20.2. The number of hydrogen-bond donors (Lipinski definition) is 1. The molecule has 0 radical (unpaired) electrons. The molecule has 194 valence electrons. The van der Waals surface area contributed by atoms with E-state index in [-0.39, 0.29) is 27.8 Å². The van der Waals surface area contributed by atoms with Crippen molar-refractivity contribution in [3.8, 4) is 11.5 Å². The molecular weight excluding hydrogens is 540 g/mol. The second kappa shape index (κ2) is 10.8. The number of nitrogens with zero attached hydrogens (tertiary/aromatic N) is 3. The molecule has 1 aliphatic rings. The maximum Gasteiger partial charge on any atom is 0.338 e. The highest BCUT2D eigenvalue weighted by molar-refractivity contribution is 7.80. The van der Waals surface area contributed by atoms with Crippen molar-refractivity contribution in [3.63, 3.8) is 0 Å². The molecule has 2 aromatic carbocycles. The number of benzene rings is 2. The Labute approximate surface area is 231 Å². The minimum atomic E-state index is -0.632. The summed E-state index contributed by atoms with van der Waals surface area (Å²) in [5.74, 6) is 0.00111. The van der Waals surface area contributed by atoms with E-state index in [0.717, 1.165) is 0 Å². The Morgan fingerprint density at radius 1 is 1.08 bits per heavy atom. The number of amides is 2. The number of hydrogen-bond acceptors (Lipinski definition) is 9. The van der Waals surface area contributed by atoms with Gasteiger partial charge in [-0.25, -0.2) is 0 Å². The lowest BCUT2D eigenvalue weighted by molar-refractivity contribution is -0.386. The fourth-order valence-electron chi connectivity index (χ4n) is 3.79. The van der Waals surface area contributed by atoms with Crippen LogP contribution >= 0.6 is 23.6 Å². The molecule has 1 aliphatic heterocycles. The van der Waals surface area contributed by atoms with E-state index in [4.69, 9.17) is 21.5 Å². The quantitative estimate of drug-likeness (QED) is 0.0999. The first-order chi connectivity index (χ1) is 18.8. The molecule has 1 saturated heterocycles. The highest BCUT2D eigenvalue weighted by Gasteiger charge is 2.34. The zero-order chi connectivity index (χ0) is 27.5. The number of nitrogens with one attached hydrogen (secondary N) is 1. The van der Waals surface area contributed by atoms with Gasteiger partial charge in [0.2, 0.25) is 5.76 Å². The summed E-state index contributed by atoms with van der Waals surface area (Å²) in [6.07, 6.45) is 4.48. The molecule has 0 unspecified atom stereocenters. The smallest absolute Gasteiger partial charge is 0.338 e. The molecule has 0 bridgehead atoms. The van der Waals surface area contributed by atoms with Gasteiger partial charge in [-0.05, 0) is 90.8 Å². The summed E-state index contributed by atoms with van der Waals surface area (Å²) >= 11 is 6.61. The van der Waals surface area contributed by atoms with Crippen LogP contribution in [0.25, 0.3) is 18.2 Å². The summed E-state index contributed by atoms with van der Waals surface area (Å²) < 4.78 is 10.9. The molecule has 2 amide bonds. The van der Waals surface area contributed by atoms with Gasteiger partial charge in [-0.3, -0.25) is 29.9 Å². The summed E-state index contributed by atoms with van der Waals surface area (Å²) in [6.45, 7) is 1.48. The molecule has 0 atom stereocenters. The van der Waals surface area contributed by atoms with Crippen LogP contribution in [-0.2, 0) is 9.59 Å². The molecule has 3 heterocycles. The Morgan fingerprint density at radius 2 is 1.79 bits per heavy atom. The standard InChI is InChI=1S/C27H18N4O6S2/c1-16-24(31(34)35)22(37-29-16)11-12-23-17(13-14-39-23)15-21-25(32)28-27(38)30(26(21)33)18-7-9-20(10-8-18)36-19-5-3-2-4-6-19/h2-15H,1H3,(H,28,32,38). The Morgan fingerprint density at radius 3 is 2.51 bits per heavy atom. The highest BCUT2D eigenvalue weighted by atomic mass is 32.1. The Hall–Kier alpha value is -4.94. The van der Waals surface area contributed by atoms with Gasteiger partial charge in [0.15, 0.2) is 10.8 Å². The van der Waals surface area contributed by atoms with Gasteiger partial charge in [-0.1, -0.05) is 23.4 Å². The van der Waals surface area contributed by atoms with E-state index in [1.54, 1.807) is 41.8 Å². The molecule has 0 aliphatic carbocycles. The SMILES string of the molecule is Cc1noc(C=Cc2sccc2C=C2C(=O)NC(=S)N(c3ccc(Oc4ccccc4)cc3)C2=O)c1[N+](=O)[O-]. The summed E-state index contributed by atoms with van der Waals surface area (Å²) in [6, 6.07) is 17.7. The first-order valence-corrected chi connectivity index (χ1v) is 12.7. The molecule has 2 aromatic heterocycles. The lowest BCUT2D eigenvalue weighted by Gasteiger charge is -2.29. The second-order valence-corrected chi connectivity index (χ2v) is 9.51. The summed E-state index contributed by atoms with van der Waals surface area (Å²) in [5, 5.41) is 19.2. The number of carbonyl (C=O) groups is 2. The maximum atomic E-state index is 13.4. The van der Waals surface area contributed by atoms with E-state index in [2.05, 4.69) is 10.5 Å². The van der Waals surface area contributed by atoms with Crippen LogP contribution in [0, 0.1) is 17.0 Å². The first-order valence-electron chi connectivity index (χ1n) is 11.4. The molecule has 1 fully saturated rings. The van der Waals surface area contributed by atoms with Gasteiger partial charge in [0.1, 0.15) is 17.1 Å². The third-order valence-corrected chi connectivity index (χ3v) is 6.81. The topological polar surface area (TPSA) is 128 Å². The molecular formula is C27H18N4O6S2. The van der Waals surface area contributed by atoms with Crippen LogP contribution in [0.1, 0.15) is 21.9 Å². The van der Waals surface area contributed by atoms with Crippen LogP contribution < -0.4 is 15.0 Å². The molecule has 4 aromatic rings. The number of carbonyl (C=O) groups excluding carboxylic acids is 2. The average molecular weight is 559 g/mol. The second-order valence-electron chi connectivity index (χ2n) is 8.18. The molecule has 0 spiro atoms. The van der Waals surface area contributed by atoms with Crippen molar-refractivity contribution in [2.24, 2.45) is 0 Å². The minimum Gasteiger partial charge on any atom is -0.457 e. The number of para-hydroxylation sites is 1. The lowest BCUT2D eigenvalue weighted by Crippen LogP contribution is -2.54. The number of anilines is 1. The number of aryl methyl sites for hydroxylation is 1. The zero-order valence-corrected chi connectivity index (χ0v) is 21.8. The van der Waals surface area contributed by atoms with Crippen molar-refractivity contribution in [2.45, 2.75) is 6.92 Å². The lowest BCUT2D eigenvalue weighted by atomic mass is 10.1. The Kier molecular flexibility index (Phi) is 7.12. The van der Waals surface area contributed by atoms with E-state index in [1.165, 1.54) is 35.3 Å². The molecule has 0 saturated carbocycles. The number of aromatic nitrogens is 1. The van der Waals surface area contributed by atoms with Crippen molar-refractivity contribution in [1.29, 1.82) is 0 Å². The minimum absolute atomic E-state index is 0.00722. The van der Waals surface area contributed by atoms with E-state index in [9.17, 15) is 19.7 Å². The van der Waals surface area contributed by atoms with Crippen molar-refractivity contribution in [3.05, 3.63) is 104 Å². The van der Waals surface area contributed by atoms with Crippen LogP contribution in [0.4, 0.5) is 11.4 Å². The van der Waals surface area contributed by atoms with Crippen LogP contribution in [0.15, 0.2) is 76.1 Å². The summed E-state index contributed by atoms with van der Waals surface area (Å²) in [7, 11) is 0. The van der Waals surface area contributed by atoms with Gasteiger partial charge in [-0.2, -0.15) is 0 Å². The maximum absolute atomic E-state index is 13.4. The van der Waals surface area contributed by atoms with Crippen LogP contribution in [0.5, 0.6) is 11.5 Å². The fraction of sp³-hybridized carbons (Fsp3) is 0.0370. The van der Waals surface area contributed by atoms with Crippen LogP contribution in [-0.4, -0.2) is 27.0 Å². The number of thiophene rings is 1. The average Bonchev–Trinajstić information content (AvgIpc) is 3.52. The first kappa shape index (κ1) is 25.7. The molecule has 10 nitrogen and oxygen atoms in total. The molecule has 39 heavy (non-hydrogen) atoms. The predicted molar refractivity (Wildman–Crippen MR) is 150 cm³/mol. The largest absolute Gasteiger partial charge is 0.457 e. The van der Waals surface area contributed by atoms with Crippen LogP contribution in [0.3, 0.4) is 0 Å². The van der Waals surface area contributed by atoms with Gasteiger partial charge in [0, 0.05) is 4.88 Å². The Balaban J connectivity index is 1.40. The van der Waals surface area contributed by atoms with Gasteiger partial charge in [0.25, 0.3) is 11.8 Å². The molecule has 12 heteroatoms. The normalized spacial score (nSPS) is 14.7. The van der Waals surface area contributed by atoms with Crippen molar-refractivity contribution < 1.29 is 23.8 Å². The number of ether oxygens (including phenoxy) is 1. The summed E-state index contributed by atoms with van der Waals surface area (Å²) in [5.41, 5.74) is 0.827. The predicted octanol–water partition coefficient (Wildman–Crippen LogP) is 5.75. The number of rotatable bonds is 7. The molecule has 1 N–H and O–H groups in total. The number of thiocarbonyl (C=S) groups is 1. The van der Waals surface area contributed by atoms with E-state index in [0.29, 0.717) is 27.6 Å². The van der Waals surface area contributed by atoms with Crippen molar-refractivity contribution in [1.82, 2.24) is 10.5 Å². The van der Waals surface area contributed by atoms with Gasteiger partial charge >= 0.3 is 5.69 Å². The van der Waals surface area contributed by atoms with Crippen molar-refractivity contribution in [2.75, 3.05) is 4.90 Å². The van der Waals surface area contributed by atoms with Gasteiger partial charge in [-0.15, -0.1) is 11.3 Å². The monoisotopic (exact) mass is 558 g/mol. The van der Waals surface area contributed by atoms with Crippen molar-refractivity contribution >= 4 is 70.1 Å². The summed E-state index contributed by atoms with van der Waals surface area (Å²) in [4.78, 5) is 38.8. The van der Waals surface area contributed by atoms with E-state index >= 15 is 0 Å². The van der Waals surface area contributed by atoms with Gasteiger partial charge < -0.3 is 9.26 Å². The van der Waals surface area contributed by atoms with Crippen LogP contribution in [0.2, 0.25) is 0 Å². The number of nitro groups is 1. The highest BCUT2D eigenvalue weighted by Crippen LogP contribution is 2.30. The Bertz CT molecular complexity index is 1650.